The van der Waals surface area contributed by atoms with E-state index in [1.807, 2.05) is 0 Å². The Morgan fingerprint density at radius 1 is 1.00 bits per heavy atom. The van der Waals surface area contributed by atoms with Crippen molar-refractivity contribution in [1.82, 2.24) is 0 Å². The van der Waals surface area contributed by atoms with Crippen LogP contribution >= 0.6 is 0 Å². The number of esters is 1. The summed E-state index contributed by atoms with van der Waals surface area (Å²) in [7, 11) is 0. The molecule has 0 unspecified atom stereocenters. The van der Waals surface area contributed by atoms with Crippen LogP contribution in [0.2, 0.25) is 0 Å². The van der Waals surface area contributed by atoms with Crippen molar-refractivity contribution in [1.29, 1.82) is 0 Å². The molecule has 2 nitrogen and oxygen atoms in total. The monoisotopic (exact) mass is 280 g/mol. The number of ether oxygens (including phenoxy) is 1. The Labute approximate surface area is 113 Å². The van der Waals surface area contributed by atoms with Gasteiger partial charge in [-0.05, 0) is 12.8 Å². The van der Waals surface area contributed by atoms with Gasteiger partial charge in [0.25, 0.3) is 0 Å². The summed E-state index contributed by atoms with van der Waals surface area (Å²) in [6, 6.07) is 0. The van der Waals surface area contributed by atoms with E-state index in [4.69, 9.17) is 0 Å². The highest BCUT2D eigenvalue weighted by Crippen LogP contribution is 2.16. The van der Waals surface area contributed by atoms with Gasteiger partial charge in [-0.2, -0.15) is 13.2 Å². The van der Waals surface area contributed by atoms with E-state index in [2.05, 4.69) is 11.7 Å². The fourth-order valence-electron chi connectivity index (χ4n) is 1.61. The topological polar surface area (TPSA) is 26.3 Å². The Hall–Kier alpha value is -1.00. The van der Waals surface area contributed by atoms with E-state index in [0.717, 1.165) is 19.3 Å². The normalized spacial score (nSPS) is 12.0. The summed E-state index contributed by atoms with van der Waals surface area (Å²) in [6.45, 7) is 1.87. The first kappa shape index (κ1) is 18.0. The Morgan fingerprint density at radius 2 is 1.58 bits per heavy atom. The maximum Gasteiger partial charge on any atom is 0.490 e. The second-order valence-corrected chi connectivity index (χ2v) is 4.48. The minimum Gasteiger partial charge on any atom is -0.455 e. The molecular formula is C14H23F3O2. The molecule has 0 N–H and O–H groups in total. The molecule has 0 amide bonds. The van der Waals surface area contributed by atoms with Crippen molar-refractivity contribution in [3.8, 4) is 0 Å². The van der Waals surface area contributed by atoms with Crippen LogP contribution in [-0.4, -0.2) is 18.8 Å². The van der Waals surface area contributed by atoms with E-state index in [0.29, 0.717) is 0 Å². The molecule has 0 fully saturated rings. The summed E-state index contributed by atoms with van der Waals surface area (Å²) in [6.07, 6.45) is 7.55. The zero-order chi connectivity index (χ0) is 14.6. The average Bonchev–Trinajstić information content (AvgIpc) is 2.34. The number of carbonyl (C=O) groups excluding carboxylic acids is 1. The molecule has 0 aromatic carbocycles. The number of allylic oxidation sites excluding steroid dienone is 1. The van der Waals surface area contributed by atoms with E-state index in [1.54, 1.807) is 6.08 Å². The van der Waals surface area contributed by atoms with E-state index in [9.17, 15) is 18.0 Å². The van der Waals surface area contributed by atoms with Gasteiger partial charge in [-0.1, -0.05) is 57.6 Å². The van der Waals surface area contributed by atoms with Gasteiger partial charge in [0.05, 0.1) is 0 Å². The van der Waals surface area contributed by atoms with Crippen molar-refractivity contribution in [2.45, 2.75) is 64.5 Å². The first-order valence-electron chi connectivity index (χ1n) is 6.87. The third-order valence-electron chi connectivity index (χ3n) is 2.68. The lowest BCUT2D eigenvalue weighted by Gasteiger charge is -2.04. The Kier molecular flexibility index (Phi) is 10.3. The summed E-state index contributed by atoms with van der Waals surface area (Å²) in [5, 5.41) is 0. The molecule has 0 saturated heterocycles. The van der Waals surface area contributed by atoms with Gasteiger partial charge in [0.1, 0.15) is 6.61 Å². The van der Waals surface area contributed by atoms with E-state index in [-0.39, 0.29) is 6.61 Å². The van der Waals surface area contributed by atoms with Gasteiger partial charge in [-0.3, -0.25) is 0 Å². The number of alkyl halides is 3. The smallest absolute Gasteiger partial charge is 0.455 e. The minimum absolute atomic E-state index is 0.311. The van der Waals surface area contributed by atoms with E-state index in [1.165, 1.54) is 38.2 Å². The van der Waals surface area contributed by atoms with Crippen molar-refractivity contribution < 1.29 is 22.7 Å². The van der Waals surface area contributed by atoms with Crippen LogP contribution in [-0.2, 0) is 9.53 Å². The lowest BCUT2D eigenvalue weighted by atomic mass is 10.1. The third-order valence-corrected chi connectivity index (χ3v) is 2.68. The van der Waals surface area contributed by atoms with Crippen LogP contribution in [0.25, 0.3) is 0 Å². The maximum absolute atomic E-state index is 11.8. The summed E-state index contributed by atoms with van der Waals surface area (Å²) < 4.78 is 39.3. The molecule has 0 spiro atoms. The molecule has 112 valence electrons. The highest BCUT2D eigenvalue weighted by molar-refractivity contribution is 5.75. The molecule has 0 aliphatic heterocycles. The Balaban J connectivity index is 3.33. The first-order chi connectivity index (χ1) is 8.98. The number of hydrogen-bond acceptors (Lipinski definition) is 2. The van der Waals surface area contributed by atoms with E-state index < -0.39 is 12.1 Å². The van der Waals surface area contributed by atoms with Gasteiger partial charge in [-0.25, -0.2) is 4.79 Å². The van der Waals surface area contributed by atoms with Crippen molar-refractivity contribution in [3.05, 3.63) is 12.2 Å². The second kappa shape index (κ2) is 10.9. The molecule has 0 saturated carbocycles. The number of carbonyl (C=O) groups is 1. The van der Waals surface area contributed by atoms with Gasteiger partial charge in [0.2, 0.25) is 0 Å². The van der Waals surface area contributed by atoms with Gasteiger partial charge in [0, 0.05) is 0 Å². The number of halogens is 3. The van der Waals surface area contributed by atoms with Gasteiger partial charge >= 0.3 is 12.1 Å². The highest BCUT2D eigenvalue weighted by atomic mass is 19.4. The molecule has 0 aromatic rings. The number of rotatable bonds is 10. The fraction of sp³-hybridized carbons (Fsp3) is 0.786. The summed E-state index contributed by atoms with van der Waals surface area (Å²) in [5.74, 6) is -2.13. The zero-order valence-corrected chi connectivity index (χ0v) is 11.5. The van der Waals surface area contributed by atoms with Crippen molar-refractivity contribution in [3.63, 3.8) is 0 Å². The van der Waals surface area contributed by atoms with E-state index >= 15 is 0 Å². The second-order valence-electron chi connectivity index (χ2n) is 4.48. The molecule has 0 aliphatic rings. The van der Waals surface area contributed by atoms with Crippen LogP contribution in [0.15, 0.2) is 12.2 Å². The van der Waals surface area contributed by atoms with Crippen molar-refractivity contribution in [2.24, 2.45) is 0 Å². The van der Waals surface area contributed by atoms with Gasteiger partial charge in [-0.15, -0.1) is 0 Å². The van der Waals surface area contributed by atoms with Crippen LogP contribution in [0, 0.1) is 0 Å². The SMILES string of the molecule is CCCCCCCCC/C=C/COC(=O)C(F)(F)F. The lowest BCUT2D eigenvalue weighted by Crippen LogP contribution is -2.25. The van der Waals surface area contributed by atoms with Crippen molar-refractivity contribution in [2.75, 3.05) is 6.61 Å². The maximum atomic E-state index is 11.8. The van der Waals surface area contributed by atoms with Crippen LogP contribution in [0.1, 0.15) is 58.3 Å². The lowest BCUT2D eigenvalue weighted by molar-refractivity contribution is -0.198. The number of hydrogen-bond donors (Lipinski definition) is 0. The van der Waals surface area contributed by atoms with Crippen molar-refractivity contribution >= 4 is 5.97 Å². The van der Waals surface area contributed by atoms with Crippen LogP contribution in [0.3, 0.4) is 0 Å². The fourth-order valence-corrected chi connectivity index (χ4v) is 1.61. The largest absolute Gasteiger partial charge is 0.490 e. The molecule has 0 bridgehead atoms. The molecule has 0 atom stereocenters. The Morgan fingerprint density at radius 3 is 2.16 bits per heavy atom. The molecular weight excluding hydrogens is 257 g/mol. The minimum atomic E-state index is -4.90. The zero-order valence-electron chi connectivity index (χ0n) is 11.5. The summed E-state index contributed by atoms with van der Waals surface area (Å²) in [5.41, 5.74) is 0. The highest BCUT2D eigenvalue weighted by Gasteiger charge is 2.40. The predicted molar refractivity (Wildman–Crippen MR) is 68.8 cm³/mol. The third kappa shape index (κ3) is 11.8. The standard InChI is InChI=1S/C14H23F3O2/c1-2-3-4-5-6-7-8-9-10-11-12-19-13(18)14(15,16)17/h10-11H,2-9,12H2,1H3/b11-10+. The average molecular weight is 280 g/mol. The molecule has 0 rings (SSSR count). The molecule has 0 aromatic heterocycles. The van der Waals surface area contributed by atoms with Crippen LogP contribution in [0.4, 0.5) is 13.2 Å². The summed E-state index contributed by atoms with van der Waals surface area (Å²) in [4.78, 5) is 10.3. The molecule has 0 radical (unpaired) electrons. The van der Waals surface area contributed by atoms with Gasteiger partial charge in [0.15, 0.2) is 0 Å². The molecule has 0 aliphatic carbocycles. The summed E-state index contributed by atoms with van der Waals surface area (Å²) >= 11 is 0. The predicted octanol–water partition coefficient (Wildman–Crippen LogP) is 4.79. The number of unbranched alkanes of at least 4 members (excludes halogenated alkanes) is 7. The van der Waals surface area contributed by atoms with Crippen LogP contribution < -0.4 is 0 Å². The van der Waals surface area contributed by atoms with Crippen LogP contribution in [0.5, 0.6) is 0 Å². The Bertz CT molecular complexity index is 260. The first-order valence-corrected chi connectivity index (χ1v) is 6.87. The molecule has 0 heterocycles. The molecule has 19 heavy (non-hydrogen) atoms. The quantitative estimate of drug-likeness (QED) is 0.327. The molecule has 5 heteroatoms. The van der Waals surface area contributed by atoms with Gasteiger partial charge < -0.3 is 4.74 Å².